The lowest BCUT2D eigenvalue weighted by Gasteiger charge is -2.28. The molecule has 0 radical (unpaired) electrons. The van der Waals surface area contributed by atoms with E-state index in [1.54, 1.807) is 12.1 Å². The zero-order chi connectivity index (χ0) is 19.5. The third-order valence-electron chi connectivity index (χ3n) is 5.10. The van der Waals surface area contributed by atoms with Gasteiger partial charge in [-0.1, -0.05) is 6.42 Å². The molecule has 9 heteroatoms. The van der Waals surface area contributed by atoms with Crippen LogP contribution in [0.15, 0.2) is 18.2 Å². The summed E-state index contributed by atoms with van der Waals surface area (Å²) < 4.78 is 5.31. The van der Waals surface area contributed by atoms with E-state index < -0.39 is 4.92 Å². The van der Waals surface area contributed by atoms with Gasteiger partial charge < -0.3 is 9.64 Å². The van der Waals surface area contributed by atoms with Crippen LogP contribution in [-0.4, -0.2) is 42.1 Å². The predicted octanol–water partition coefficient (Wildman–Crippen LogP) is 3.41. The molecule has 0 saturated carbocycles. The molecule has 1 aromatic heterocycles. The highest BCUT2D eigenvalue weighted by Gasteiger charge is 2.24. The minimum Gasteiger partial charge on any atom is -0.378 e. The first kappa shape index (κ1) is 18.8. The number of nitrogens with one attached hydrogen (secondary N) is 1. The van der Waals surface area contributed by atoms with Gasteiger partial charge >= 0.3 is 0 Å². The van der Waals surface area contributed by atoms with E-state index in [1.807, 2.05) is 4.90 Å². The lowest BCUT2D eigenvalue weighted by Crippen LogP contribution is -2.36. The lowest BCUT2D eigenvalue weighted by molar-refractivity contribution is -0.384. The van der Waals surface area contributed by atoms with Gasteiger partial charge in [-0.2, -0.15) is 0 Å². The Hall–Kier alpha value is -2.52. The number of anilines is 2. The fraction of sp³-hybridized carbons (Fsp3) is 0.474. The fourth-order valence-corrected chi connectivity index (χ4v) is 4.68. The number of rotatable bonds is 4. The van der Waals surface area contributed by atoms with Crippen molar-refractivity contribution in [3.63, 3.8) is 0 Å². The summed E-state index contributed by atoms with van der Waals surface area (Å²) in [6, 6.07) is 4.62. The molecule has 0 atom stereocenters. The monoisotopic (exact) mass is 402 g/mol. The number of carbonyl (C=O) groups excluding carboxylic acids is 1. The Morgan fingerprint density at radius 2 is 2.00 bits per heavy atom. The second-order valence-electron chi connectivity index (χ2n) is 6.96. The van der Waals surface area contributed by atoms with Gasteiger partial charge in [-0.3, -0.25) is 20.2 Å². The smallest absolute Gasteiger partial charge is 0.293 e. The molecule has 1 aliphatic carbocycles. The Balaban J connectivity index is 1.54. The van der Waals surface area contributed by atoms with Crippen molar-refractivity contribution < 1.29 is 14.5 Å². The zero-order valence-electron chi connectivity index (χ0n) is 15.5. The average Bonchev–Trinajstić information content (AvgIpc) is 2.96. The average molecular weight is 402 g/mol. The molecule has 4 rings (SSSR count). The van der Waals surface area contributed by atoms with Crippen LogP contribution in [0.3, 0.4) is 0 Å². The molecule has 2 aliphatic rings. The SMILES string of the molecule is O=C(Nc1nc2c(s1)CCCCC2)c1ccc(N2CCOCC2)c([N+](=O)[O-])c1. The first-order valence-electron chi connectivity index (χ1n) is 9.53. The van der Waals surface area contributed by atoms with E-state index in [-0.39, 0.29) is 17.2 Å². The Bertz CT molecular complexity index is 869. The second kappa shape index (κ2) is 8.24. The second-order valence-corrected chi connectivity index (χ2v) is 8.05. The summed E-state index contributed by atoms with van der Waals surface area (Å²) in [6.07, 6.45) is 5.44. The number of carbonyl (C=O) groups is 1. The summed E-state index contributed by atoms with van der Waals surface area (Å²) in [7, 11) is 0. The van der Waals surface area contributed by atoms with Crippen molar-refractivity contribution in [2.75, 3.05) is 36.5 Å². The minimum absolute atomic E-state index is 0.0653. The summed E-state index contributed by atoms with van der Waals surface area (Å²) in [5, 5.41) is 14.9. The number of hydrogen-bond donors (Lipinski definition) is 1. The molecule has 1 amide bonds. The summed E-state index contributed by atoms with van der Waals surface area (Å²) in [5.74, 6) is -0.375. The number of thiazole rings is 1. The van der Waals surface area contributed by atoms with Gasteiger partial charge in [-0.25, -0.2) is 4.98 Å². The molecule has 1 aromatic carbocycles. The maximum atomic E-state index is 12.7. The molecule has 28 heavy (non-hydrogen) atoms. The minimum atomic E-state index is -0.437. The maximum absolute atomic E-state index is 12.7. The van der Waals surface area contributed by atoms with Gasteiger partial charge in [0, 0.05) is 29.6 Å². The van der Waals surface area contributed by atoms with E-state index >= 15 is 0 Å². The number of nitro groups is 1. The van der Waals surface area contributed by atoms with Crippen LogP contribution in [0.2, 0.25) is 0 Å². The van der Waals surface area contributed by atoms with Crippen molar-refractivity contribution in [1.29, 1.82) is 0 Å². The van der Waals surface area contributed by atoms with E-state index in [1.165, 1.54) is 28.7 Å². The molecule has 1 N–H and O–H groups in total. The first-order chi connectivity index (χ1) is 13.6. The van der Waals surface area contributed by atoms with Gasteiger partial charge in [0.1, 0.15) is 5.69 Å². The maximum Gasteiger partial charge on any atom is 0.293 e. The summed E-state index contributed by atoms with van der Waals surface area (Å²) in [6.45, 7) is 2.26. The summed E-state index contributed by atoms with van der Waals surface area (Å²) in [5.41, 5.74) is 1.79. The number of morpholine rings is 1. The Morgan fingerprint density at radius 1 is 1.21 bits per heavy atom. The van der Waals surface area contributed by atoms with Gasteiger partial charge in [0.05, 0.1) is 23.8 Å². The number of fused-ring (bicyclic) bond motifs is 1. The van der Waals surface area contributed by atoms with Crippen LogP contribution in [0.25, 0.3) is 0 Å². The third-order valence-corrected chi connectivity index (χ3v) is 6.18. The third kappa shape index (κ3) is 4.00. The summed E-state index contributed by atoms with van der Waals surface area (Å²) >= 11 is 1.51. The van der Waals surface area contributed by atoms with Gasteiger partial charge in [-0.05, 0) is 37.8 Å². The lowest BCUT2D eigenvalue weighted by atomic mass is 10.1. The van der Waals surface area contributed by atoms with Crippen LogP contribution >= 0.6 is 11.3 Å². The van der Waals surface area contributed by atoms with E-state index in [2.05, 4.69) is 10.3 Å². The standard InChI is InChI=1S/C19H22N4O4S/c24-18(21-19-20-14-4-2-1-3-5-17(14)28-19)13-6-7-15(16(12-13)23(25)26)22-8-10-27-11-9-22/h6-7,12H,1-5,8-11H2,(H,20,21,24). The number of benzene rings is 1. The van der Waals surface area contributed by atoms with Crippen LogP contribution in [0.5, 0.6) is 0 Å². The largest absolute Gasteiger partial charge is 0.378 e. The molecule has 1 aliphatic heterocycles. The molecule has 8 nitrogen and oxygen atoms in total. The van der Waals surface area contributed by atoms with Gasteiger partial charge in [0.25, 0.3) is 11.6 Å². The quantitative estimate of drug-likeness (QED) is 0.478. The van der Waals surface area contributed by atoms with Crippen LogP contribution in [0, 0.1) is 10.1 Å². The molecule has 148 valence electrons. The van der Waals surface area contributed by atoms with E-state index in [0.717, 1.165) is 31.4 Å². The Labute approximate surface area is 166 Å². The highest BCUT2D eigenvalue weighted by atomic mass is 32.1. The molecule has 0 unspecified atom stereocenters. The van der Waals surface area contributed by atoms with E-state index in [0.29, 0.717) is 37.1 Å². The van der Waals surface area contributed by atoms with Crippen LogP contribution in [-0.2, 0) is 17.6 Å². The van der Waals surface area contributed by atoms with Crippen LogP contribution in [0.1, 0.15) is 40.2 Å². The number of amides is 1. The number of nitro benzene ring substituents is 1. The topological polar surface area (TPSA) is 97.6 Å². The van der Waals surface area contributed by atoms with Crippen molar-refractivity contribution in [3.05, 3.63) is 44.4 Å². The number of ether oxygens (including phenoxy) is 1. The molecule has 2 heterocycles. The van der Waals surface area contributed by atoms with Crippen molar-refractivity contribution in [2.24, 2.45) is 0 Å². The van der Waals surface area contributed by atoms with Crippen molar-refractivity contribution in [2.45, 2.75) is 32.1 Å². The highest BCUT2D eigenvalue weighted by molar-refractivity contribution is 7.15. The number of nitrogens with zero attached hydrogens (tertiary/aromatic N) is 3. The molecule has 0 bridgehead atoms. The van der Waals surface area contributed by atoms with E-state index in [4.69, 9.17) is 4.74 Å². The van der Waals surface area contributed by atoms with Crippen molar-refractivity contribution >= 4 is 33.8 Å². The summed E-state index contributed by atoms with van der Waals surface area (Å²) in [4.78, 5) is 31.5. The van der Waals surface area contributed by atoms with E-state index in [9.17, 15) is 14.9 Å². The van der Waals surface area contributed by atoms with Gasteiger partial charge in [-0.15, -0.1) is 11.3 Å². The van der Waals surface area contributed by atoms with Crippen molar-refractivity contribution in [3.8, 4) is 0 Å². The van der Waals surface area contributed by atoms with Crippen LogP contribution < -0.4 is 10.2 Å². The fourth-order valence-electron chi connectivity index (χ4n) is 3.63. The normalized spacial score (nSPS) is 16.9. The molecule has 2 aromatic rings. The van der Waals surface area contributed by atoms with Gasteiger partial charge in [0.2, 0.25) is 0 Å². The first-order valence-corrected chi connectivity index (χ1v) is 10.3. The highest BCUT2D eigenvalue weighted by Crippen LogP contribution is 2.32. The molecule has 1 saturated heterocycles. The van der Waals surface area contributed by atoms with Crippen LogP contribution in [0.4, 0.5) is 16.5 Å². The Morgan fingerprint density at radius 3 is 2.79 bits per heavy atom. The zero-order valence-corrected chi connectivity index (χ0v) is 16.3. The van der Waals surface area contributed by atoms with Gasteiger partial charge in [0.15, 0.2) is 5.13 Å². The molecule has 1 fully saturated rings. The predicted molar refractivity (Wildman–Crippen MR) is 107 cm³/mol. The number of hydrogen-bond acceptors (Lipinski definition) is 7. The molecular weight excluding hydrogens is 380 g/mol. The molecular formula is C19H22N4O4S. The van der Waals surface area contributed by atoms with Crippen molar-refractivity contribution in [1.82, 2.24) is 4.98 Å². The number of aryl methyl sites for hydroxylation is 2. The Kier molecular flexibility index (Phi) is 5.54. The molecule has 0 spiro atoms. The number of aromatic nitrogens is 1.